The first kappa shape index (κ1) is 22.3. The highest BCUT2D eigenvalue weighted by atomic mass is 16.5. The summed E-state index contributed by atoms with van der Waals surface area (Å²) >= 11 is 0. The quantitative estimate of drug-likeness (QED) is 0.514. The lowest BCUT2D eigenvalue weighted by Crippen LogP contribution is -2.44. The van der Waals surface area contributed by atoms with E-state index in [0.717, 1.165) is 18.5 Å². The average molecular weight is 446 g/mol. The highest BCUT2D eigenvalue weighted by Gasteiger charge is 2.23. The van der Waals surface area contributed by atoms with Crippen LogP contribution in [0.2, 0.25) is 0 Å². The number of carbonyl (C=O) groups excluding carboxylic acids is 2. The molecule has 33 heavy (non-hydrogen) atoms. The Morgan fingerprint density at radius 2 is 1.82 bits per heavy atom. The lowest BCUT2D eigenvalue weighted by Gasteiger charge is -2.33. The van der Waals surface area contributed by atoms with E-state index in [2.05, 4.69) is 20.6 Å². The van der Waals surface area contributed by atoms with Crippen LogP contribution < -0.4 is 15.4 Å². The van der Waals surface area contributed by atoms with Crippen LogP contribution in [0.3, 0.4) is 0 Å². The molecule has 8 heteroatoms. The second-order valence-electron chi connectivity index (χ2n) is 7.85. The number of nitrogens with zero attached hydrogens (tertiary/aromatic N) is 3. The third-order valence-corrected chi connectivity index (χ3v) is 5.69. The number of amides is 1. The minimum atomic E-state index is -0.164. The molecule has 3 aromatic rings. The molecule has 0 aliphatic carbocycles. The van der Waals surface area contributed by atoms with Crippen molar-refractivity contribution in [2.75, 3.05) is 37.4 Å². The van der Waals surface area contributed by atoms with Crippen LogP contribution in [-0.2, 0) is 4.79 Å². The number of rotatable bonds is 8. The number of hydrogen-bond acceptors (Lipinski definition) is 7. The minimum absolute atomic E-state index is 0.0108. The first-order valence-corrected chi connectivity index (χ1v) is 11.0. The fourth-order valence-corrected chi connectivity index (χ4v) is 3.86. The van der Waals surface area contributed by atoms with Crippen molar-refractivity contribution >= 4 is 23.2 Å². The summed E-state index contributed by atoms with van der Waals surface area (Å²) in [5.41, 5.74) is 1.95. The molecule has 1 aliphatic heterocycles. The Hall–Kier alpha value is -3.94. The zero-order chi connectivity index (χ0) is 23.0. The van der Waals surface area contributed by atoms with Gasteiger partial charge in [0, 0.05) is 43.3 Å². The molecule has 2 N–H and O–H groups in total. The molecule has 0 atom stereocenters. The molecular weight excluding hydrogens is 418 g/mol. The highest BCUT2D eigenvalue weighted by molar-refractivity contribution is 6.12. The maximum atomic E-state index is 13.0. The average Bonchev–Trinajstić information content (AvgIpc) is 2.88. The van der Waals surface area contributed by atoms with E-state index in [0.29, 0.717) is 41.8 Å². The third kappa shape index (κ3) is 5.65. The van der Waals surface area contributed by atoms with Crippen LogP contribution >= 0.6 is 0 Å². The van der Waals surface area contributed by atoms with Gasteiger partial charge in [0.05, 0.1) is 24.9 Å². The molecule has 0 bridgehead atoms. The van der Waals surface area contributed by atoms with Gasteiger partial charge in [0.25, 0.3) is 0 Å². The number of likely N-dealkylation sites (tertiary alicyclic amines) is 1. The van der Waals surface area contributed by atoms with Crippen LogP contribution in [0.1, 0.15) is 28.8 Å². The van der Waals surface area contributed by atoms with E-state index in [1.165, 1.54) is 0 Å². The second kappa shape index (κ2) is 10.6. The number of nitrogens with one attached hydrogen (secondary N) is 2. The smallest absolute Gasteiger partial charge is 0.241 e. The van der Waals surface area contributed by atoms with E-state index in [4.69, 9.17) is 4.74 Å². The summed E-state index contributed by atoms with van der Waals surface area (Å²) in [6.07, 6.45) is 6.89. The van der Waals surface area contributed by atoms with E-state index >= 15 is 0 Å². The lowest BCUT2D eigenvalue weighted by atomic mass is 10.0. The van der Waals surface area contributed by atoms with Crippen LogP contribution in [0, 0.1) is 0 Å². The summed E-state index contributed by atoms with van der Waals surface area (Å²) in [5, 5.41) is 6.53. The number of ether oxygens (including phenoxy) is 1. The topological polar surface area (TPSA) is 96.4 Å². The van der Waals surface area contributed by atoms with Gasteiger partial charge in [-0.25, -0.2) is 4.98 Å². The standard InChI is InChI=1S/C25H27N5O3/c1-33-21-8-6-18(7-9-21)24(32)22-5-3-13-27-25(22)28-17-23(31)30-14-10-19(11-15-30)29-20-4-2-12-26-16-20/h2-9,12-13,16,19,29H,10-11,14-15,17H2,1H3,(H,27,28). The first-order chi connectivity index (χ1) is 16.1. The van der Waals surface area contributed by atoms with Crippen molar-refractivity contribution in [3.63, 3.8) is 0 Å². The Morgan fingerprint density at radius 3 is 2.52 bits per heavy atom. The number of ketones is 1. The molecule has 0 radical (unpaired) electrons. The van der Waals surface area contributed by atoms with Crippen LogP contribution in [0.5, 0.6) is 5.75 Å². The molecule has 8 nitrogen and oxygen atoms in total. The number of methoxy groups -OCH3 is 1. The molecule has 1 amide bonds. The summed E-state index contributed by atoms with van der Waals surface area (Å²) in [7, 11) is 1.58. The Kier molecular flexibility index (Phi) is 7.14. The predicted octanol–water partition coefficient (Wildman–Crippen LogP) is 3.23. The third-order valence-electron chi connectivity index (χ3n) is 5.69. The SMILES string of the molecule is COc1ccc(C(=O)c2cccnc2NCC(=O)N2CCC(Nc3cccnc3)CC2)cc1. The molecular formula is C25H27N5O3. The van der Waals surface area contributed by atoms with Gasteiger partial charge in [0.1, 0.15) is 11.6 Å². The van der Waals surface area contributed by atoms with E-state index < -0.39 is 0 Å². The summed E-state index contributed by atoms with van der Waals surface area (Å²) in [6, 6.07) is 14.5. The molecule has 170 valence electrons. The zero-order valence-corrected chi connectivity index (χ0v) is 18.5. The van der Waals surface area contributed by atoms with Gasteiger partial charge in [-0.3, -0.25) is 14.6 Å². The number of piperidine rings is 1. The number of pyridine rings is 2. The van der Waals surface area contributed by atoms with Gasteiger partial charge in [0.15, 0.2) is 5.78 Å². The van der Waals surface area contributed by atoms with Gasteiger partial charge in [-0.15, -0.1) is 0 Å². The minimum Gasteiger partial charge on any atom is -0.497 e. The maximum Gasteiger partial charge on any atom is 0.241 e. The van der Waals surface area contributed by atoms with Crippen LogP contribution in [-0.4, -0.2) is 59.3 Å². The van der Waals surface area contributed by atoms with Crippen LogP contribution in [0.4, 0.5) is 11.5 Å². The molecule has 1 fully saturated rings. The Bertz CT molecular complexity index is 1080. The molecule has 4 rings (SSSR count). The first-order valence-electron chi connectivity index (χ1n) is 11.0. The monoisotopic (exact) mass is 445 g/mol. The normalized spacial score (nSPS) is 13.9. The Balaban J connectivity index is 1.32. The summed E-state index contributed by atoms with van der Waals surface area (Å²) in [6.45, 7) is 1.44. The summed E-state index contributed by atoms with van der Waals surface area (Å²) < 4.78 is 5.15. The predicted molar refractivity (Wildman–Crippen MR) is 127 cm³/mol. The Morgan fingerprint density at radius 1 is 1.06 bits per heavy atom. The van der Waals surface area contributed by atoms with Gasteiger partial charge in [0.2, 0.25) is 5.91 Å². The molecule has 1 aliphatic rings. The number of carbonyl (C=O) groups is 2. The van der Waals surface area contributed by atoms with Crippen LogP contribution in [0.25, 0.3) is 0 Å². The summed E-state index contributed by atoms with van der Waals surface area (Å²) in [4.78, 5) is 36.0. The van der Waals surface area contributed by atoms with Crippen molar-refractivity contribution in [2.24, 2.45) is 0 Å². The number of benzene rings is 1. The molecule has 2 aromatic heterocycles. The van der Waals surface area contributed by atoms with Gasteiger partial charge in [-0.2, -0.15) is 0 Å². The van der Waals surface area contributed by atoms with Gasteiger partial charge < -0.3 is 20.3 Å². The fourth-order valence-electron chi connectivity index (χ4n) is 3.86. The Labute approximate surface area is 193 Å². The molecule has 0 unspecified atom stereocenters. The molecule has 3 heterocycles. The van der Waals surface area contributed by atoms with Gasteiger partial charge >= 0.3 is 0 Å². The fraction of sp³-hybridized carbons (Fsp3) is 0.280. The molecule has 0 spiro atoms. The van der Waals surface area contributed by atoms with Crippen molar-refractivity contribution in [3.8, 4) is 5.75 Å². The van der Waals surface area contributed by atoms with Crippen molar-refractivity contribution in [1.29, 1.82) is 0 Å². The van der Waals surface area contributed by atoms with E-state index in [1.54, 1.807) is 62.1 Å². The lowest BCUT2D eigenvalue weighted by molar-refractivity contribution is -0.130. The van der Waals surface area contributed by atoms with Crippen LogP contribution in [0.15, 0.2) is 67.1 Å². The number of aromatic nitrogens is 2. The van der Waals surface area contributed by atoms with E-state index in [1.807, 2.05) is 17.0 Å². The molecule has 1 saturated heterocycles. The van der Waals surface area contributed by atoms with Crippen molar-refractivity contribution < 1.29 is 14.3 Å². The van der Waals surface area contributed by atoms with Crippen molar-refractivity contribution in [1.82, 2.24) is 14.9 Å². The van der Waals surface area contributed by atoms with Crippen molar-refractivity contribution in [2.45, 2.75) is 18.9 Å². The van der Waals surface area contributed by atoms with Gasteiger partial charge in [-0.05, 0) is 61.4 Å². The second-order valence-corrected chi connectivity index (χ2v) is 7.85. The molecule has 1 aromatic carbocycles. The largest absolute Gasteiger partial charge is 0.497 e. The van der Waals surface area contributed by atoms with Crippen molar-refractivity contribution in [3.05, 3.63) is 78.2 Å². The number of anilines is 2. The number of hydrogen-bond donors (Lipinski definition) is 2. The van der Waals surface area contributed by atoms with E-state index in [9.17, 15) is 9.59 Å². The van der Waals surface area contributed by atoms with E-state index in [-0.39, 0.29) is 18.2 Å². The highest BCUT2D eigenvalue weighted by Crippen LogP contribution is 2.20. The summed E-state index contributed by atoms with van der Waals surface area (Å²) in [5.74, 6) is 0.909. The van der Waals surface area contributed by atoms with Gasteiger partial charge in [-0.1, -0.05) is 0 Å². The zero-order valence-electron chi connectivity index (χ0n) is 18.5. The maximum absolute atomic E-state index is 13.0. The molecule has 0 saturated carbocycles.